The van der Waals surface area contributed by atoms with Crippen LogP contribution in [0.5, 0.6) is 0 Å². The molecule has 0 unspecified atom stereocenters. The molecule has 0 aromatic heterocycles. The molecule has 1 amide bonds. The molecule has 0 radical (unpaired) electrons. The molecule has 0 spiro atoms. The third kappa shape index (κ3) is 7.66. The highest BCUT2D eigenvalue weighted by molar-refractivity contribution is 14.1. The van der Waals surface area contributed by atoms with Crippen molar-refractivity contribution in [3.05, 3.63) is 41.1 Å². The second-order valence-electron chi connectivity index (χ2n) is 4.99. The quantitative estimate of drug-likeness (QED) is 0.171. The predicted molar refractivity (Wildman–Crippen MR) is 123 cm³/mol. The number of nitrogens with zero attached hydrogens (tertiary/aromatic N) is 1. The molecular formula is C17H18I3NO5. The van der Waals surface area contributed by atoms with E-state index >= 15 is 0 Å². The van der Waals surface area contributed by atoms with Crippen LogP contribution in [0, 0.1) is 10.7 Å². The maximum atomic E-state index is 13.0. The van der Waals surface area contributed by atoms with Crippen molar-refractivity contribution in [3.63, 3.8) is 0 Å². The van der Waals surface area contributed by atoms with E-state index in [2.05, 4.69) is 74.4 Å². The Morgan fingerprint density at radius 3 is 2.31 bits per heavy atom. The van der Waals surface area contributed by atoms with Gasteiger partial charge in [0.15, 0.2) is 0 Å². The fourth-order valence-corrected chi connectivity index (χ4v) is 4.27. The van der Waals surface area contributed by atoms with Crippen LogP contribution < -0.4 is 0 Å². The molecule has 0 fully saturated rings. The minimum Gasteiger partial charge on any atom is -0.464 e. The van der Waals surface area contributed by atoms with Crippen LogP contribution in [0.15, 0.2) is 24.8 Å². The second kappa shape index (κ2) is 12.1. The zero-order valence-corrected chi connectivity index (χ0v) is 20.6. The molecular weight excluding hydrogens is 679 g/mol. The van der Waals surface area contributed by atoms with Crippen LogP contribution in [0.4, 0.5) is 0 Å². The Morgan fingerprint density at radius 2 is 1.73 bits per heavy atom. The second-order valence-corrected chi connectivity index (χ2v) is 8.47. The Labute approximate surface area is 193 Å². The van der Waals surface area contributed by atoms with Crippen molar-refractivity contribution in [2.45, 2.75) is 13.3 Å². The lowest BCUT2D eigenvalue weighted by molar-refractivity contribution is -0.143. The number of carbonyl (C=O) groups excluding carboxylic acids is 3. The van der Waals surface area contributed by atoms with Gasteiger partial charge in [0.05, 0.1) is 18.7 Å². The van der Waals surface area contributed by atoms with Gasteiger partial charge in [-0.2, -0.15) is 0 Å². The normalized spacial score (nSPS) is 10.2. The standard InChI is InChI=1S/C17H18I3NO5/c1-3-14(22)25-7-5-21(6-8-26-15(23)4-2)17(24)12-9-11(18)10-13(19)16(12)20/h3,9-10H,1,4-8H2,2H3. The van der Waals surface area contributed by atoms with Gasteiger partial charge in [-0.1, -0.05) is 13.5 Å². The molecule has 0 saturated carbocycles. The monoisotopic (exact) mass is 697 g/mol. The van der Waals surface area contributed by atoms with E-state index in [0.717, 1.165) is 16.8 Å². The molecule has 0 atom stereocenters. The summed E-state index contributed by atoms with van der Waals surface area (Å²) in [6.07, 6.45) is 1.35. The molecule has 142 valence electrons. The molecule has 0 N–H and O–H groups in total. The third-order valence-corrected chi connectivity index (χ3v) is 6.86. The molecule has 1 aromatic rings. The first kappa shape index (κ1) is 23.6. The lowest BCUT2D eigenvalue weighted by atomic mass is 10.2. The molecule has 26 heavy (non-hydrogen) atoms. The van der Waals surface area contributed by atoms with Crippen molar-refractivity contribution in [2.75, 3.05) is 26.3 Å². The van der Waals surface area contributed by atoms with E-state index in [4.69, 9.17) is 9.47 Å². The fourth-order valence-electron chi connectivity index (χ4n) is 1.88. The van der Waals surface area contributed by atoms with Crippen molar-refractivity contribution in [1.82, 2.24) is 4.90 Å². The van der Waals surface area contributed by atoms with Gasteiger partial charge >= 0.3 is 11.9 Å². The van der Waals surface area contributed by atoms with Gasteiger partial charge in [0.2, 0.25) is 0 Å². The van der Waals surface area contributed by atoms with E-state index in [1.165, 1.54) is 4.90 Å². The first-order valence-electron chi connectivity index (χ1n) is 7.68. The predicted octanol–water partition coefficient (Wildman–Crippen LogP) is 3.63. The summed E-state index contributed by atoms with van der Waals surface area (Å²) in [4.78, 5) is 37.0. The summed E-state index contributed by atoms with van der Waals surface area (Å²) in [6.45, 7) is 5.58. The van der Waals surface area contributed by atoms with Crippen LogP contribution in [-0.4, -0.2) is 49.0 Å². The summed E-state index contributed by atoms with van der Waals surface area (Å²) in [7, 11) is 0. The Bertz CT molecular complexity index is 693. The largest absolute Gasteiger partial charge is 0.464 e. The van der Waals surface area contributed by atoms with Crippen molar-refractivity contribution < 1.29 is 23.9 Å². The third-order valence-electron chi connectivity index (χ3n) is 3.20. The van der Waals surface area contributed by atoms with Gasteiger partial charge in [0.25, 0.3) is 5.91 Å². The number of rotatable bonds is 9. The van der Waals surface area contributed by atoms with Crippen LogP contribution in [0.3, 0.4) is 0 Å². The van der Waals surface area contributed by atoms with Gasteiger partial charge in [-0.3, -0.25) is 9.59 Å². The molecule has 1 rings (SSSR count). The number of esters is 2. The molecule has 0 bridgehead atoms. The zero-order chi connectivity index (χ0) is 19.7. The highest BCUT2D eigenvalue weighted by Gasteiger charge is 2.21. The van der Waals surface area contributed by atoms with E-state index in [1.54, 1.807) is 6.92 Å². The Morgan fingerprint density at radius 1 is 1.12 bits per heavy atom. The molecule has 1 aromatic carbocycles. The Hall–Kier alpha value is -0.440. The molecule has 0 heterocycles. The van der Waals surface area contributed by atoms with Crippen LogP contribution >= 0.6 is 67.8 Å². The summed E-state index contributed by atoms with van der Waals surface area (Å²) in [5.41, 5.74) is 0.568. The number of carbonyl (C=O) groups is 3. The van der Waals surface area contributed by atoms with Gasteiger partial charge < -0.3 is 14.4 Å². The highest BCUT2D eigenvalue weighted by atomic mass is 127. The molecule has 0 aliphatic rings. The van der Waals surface area contributed by atoms with Crippen LogP contribution in [-0.2, 0) is 19.1 Å². The topological polar surface area (TPSA) is 72.9 Å². The van der Waals surface area contributed by atoms with Crippen molar-refractivity contribution in [1.29, 1.82) is 0 Å². The first-order valence-corrected chi connectivity index (χ1v) is 10.9. The van der Waals surface area contributed by atoms with Crippen LogP contribution in [0.25, 0.3) is 0 Å². The van der Waals surface area contributed by atoms with E-state index < -0.39 is 5.97 Å². The maximum Gasteiger partial charge on any atom is 0.330 e. The van der Waals surface area contributed by atoms with E-state index in [0.29, 0.717) is 5.56 Å². The van der Waals surface area contributed by atoms with Crippen molar-refractivity contribution in [3.8, 4) is 0 Å². The molecule has 0 aliphatic carbocycles. The molecule has 0 aliphatic heterocycles. The van der Waals surface area contributed by atoms with Gasteiger partial charge in [-0.25, -0.2) is 4.79 Å². The van der Waals surface area contributed by atoms with E-state index in [1.807, 2.05) is 12.1 Å². The van der Waals surface area contributed by atoms with E-state index in [-0.39, 0.29) is 44.6 Å². The summed E-state index contributed by atoms with van der Waals surface area (Å²) in [5, 5.41) is 0. The van der Waals surface area contributed by atoms with Gasteiger partial charge in [-0.05, 0) is 79.9 Å². The van der Waals surface area contributed by atoms with Crippen molar-refractivity contribution in [2.24, 2.45) is 0 Å². The smallest absolute Gasteiger partial charge is 0.330 e. The molecule has 0 saturated heterocycles. The Kier molecular flexibility index (Phi) is 11.0. The number of ether oxygens (including phenoxy) is 2. The van der Waals surface area contributed by atoms with Gasteiger partial charge in [0.1, 0.15) is 13.2 Å². The van der Waals surface area contributed by atoms with E-state index in [9.17, 15) is 14.4 Å². The first-order chi connectivity index (χ1) is 12.3. The average Bonchev–Trinajstić information content (AvgIpc) is 2.62. The maximum absolute atomic E-state index is 13.0. The summed E-state index contributed by atoms with van der Waals surface area (Å²) >= 11 is 6.48. The number of hydrogen-bond donors (Lipinski definition) is 0. The SMILES string of the molecule is C=CC(=O)OCCN(CCOC(=O)CC)C(=O)c1cc(I)cc(I)c1I. The fraction of sp³-hybridized carbons (Fsp3) is 0.353. The summed E-state index contributed by atoms with van der Waals surface area (Å²) in [5.74, 6) is -1.07. The Balaban J connectivity index is 2.90. The lowest BCUT2D eigenvalue weighted by Crippen LogP contribution is -2.37. The minimum atomic E-state index is -0.548. The lowest BCUT2D eigenvalue weighted by Gasteiger charge is -2.23. The minimum absolute atomic E-state index is 0.0376. The number of halogens is 3. The van der Waals surface area contributed by atoms with Crippen LogP contribution in [0.1, 0.15) is 23.7 Å². The summed E-state index contributed by atoms with van der Waals surface area (Å²) < 4.78 is 12.8. The van der Waals surface area contributed by atoms with Gasteiger partial charge in [0, 0.05) is 23.2 Å². The molecule has 6 nitrogen and oxygen atoms in total. The number of benzene rings is 1. The van der Waals surface area contributed by atoms with Crippen molar-refractivity contribution >= 4 is 85.6 Å². The van der Waals surface area contributed by atoms with Crippen LogP contribution in [0.2, 0.25) is 0 Å². The summed E-state index contributed by atoms with van der Waals surface area (Å²) in [6, 6.07) is 3.80. The zero-order valence-electron chi connectivity index (χ0n) is 14.1. The van der Waals surface area contributed by atoms with Gasteiger partial charge in [-0.15, -0.1) is 0 Å². The number of hydrogen-bond acceptors (Lipinski definition) is 5. The molecule has 9 heteroatoms. The number of amides is 1. The highest BCUT2D eigenvalue weighted by Crippen LogP contribution is 2.24. The average molecular weight is 697 g/mol.